The Morgan fingerprint density at radius 3 is 1.18 bits per heavy atom. The van der Waals surface area contributed by atoms with Crippen LogP contribution in [-0.2, 0) is 0 Å². The lowest BCUT2D eigenvalue weighted by molar-refractivity contribution is 1.07. The Kier molecular flexibility index (Phi) is 10.7. The lowest BCUT2D eigenvalue weighted by Crippen LogP contribution is -2.04. The highest BCUT2D eigenvalue weighted by atomic mass is 15.0. The van der Waals surface area contributed by atoms with Gasteiger partial charge in [0.25, 0.3) is 0 Å². The van der Waals surface area contributed by atoms with Crippen molar-refractivity contribution in [2.24, 2.45) is 0 Å². The van der Waals surface area contributed by atoms with Gasteiger partial charge in [0.05, 0.1) is 45.1 Å². The number of nitrogens with zero attached hydrogens (tertiary/aromatic N) is 6. The van der Waals surface area contributed by atoms with E-state index in [9.17, 15) is 5.26 Å². The first-order valence-corrected chi connectivity index (χ1v) is 25.0. The molecule has 0 spiro atoms. The van der Waals surface area contributed by atoms with Gasteiger partial charge < -0.3 is 9.13 Å². The van der Waals surface area contributed by atoms with Crippen LogP contribution in [-0.4, -0.2) is 24.1 Å². The molecule has 0 N–H and O–H groups in total. The number of benzene rings is 10. The molecule has 0 aliphatic heterocycles. The molecular weight excluding hydrogens is 901 g/mol. The van der Waals surface area contributed by atoms with Gasteiger partial charge in [-0.3, -0.25) is 0 Å². The standard InChI is InChI=1S/C68H48N6/c1-42-31-43(2)34-52(33-42)49-25-29-62-58(38-49)54-19-11-13-21-60(54)73(62)64-37-46(41-69)23-27-56(64)57-28-24-51(68-71-66(47-15-7-5-8-16-47)70-67(72-68)48-17-9-6-10-18-48)40-65(57)74-61-22-14-12-20-55(61)59-39-50(26-30-63(59)74)53-35-44(3)32-45(4)36-53/h5-40H,1-4H3. The van der Waals surface area contributed by atoms with E-state index in [2.05, 4.69) is 188 Å². The van der Waals surface area contributed by atoms with E-state index >= 15 is 0 Å². The number of para-hydroxylation sites is 2. The molecule has 3 heterocycles. The molecule has 3 aromatic heterocycles. The van der Waals surface area contributed by atoms with Gasteiger partial charge in [-0.15, -0.1) is 0 Å². The van der Waals surface area contributed by atoms with Crippen LogP contribution in [0.3, 0.4) is 0 Å². The molecule has 0 saturated carbocycles. The topological polar surface area (TPSA) is 72.3 Å². The Balaban J connectivity index is 1.10. The van der Waals surface area contributed by atoms with E-state index in [-0.39, 0.29) is 0 Å². The fourth-order valence-electron chi connectivity index (χ4n) is 11.1. The molecule has 0 unspecified atom stereocenters. The third-order valence-electron chi connectivity index (χ3n) is 14.3. The predicted molar refractivity (Wildman–Crippen MR) is 305 cm³/mol. The van der Waals surface area contributed by atoms with Crippen molar-refractivity contribution in [3.63, 3.8) is 0 Å². The quantitative estimate of drug-likeness (QED) is 0.152. The second kappa shape index (κ2) is 17.9. The minimum Gasteiger partial charge on any atom is -0.309 e. The molecule has 13 rings (SSSR count). The SMILES string of the molecule is Cc1cc(C)cc(-c2ccc3c(c2)c2ccccc2n3-c2cc(C#N)ccc2-c2ccc(-c3nc(-c4ccccc4)nc(-c4ccccc4)n3)cc2-n2c3ccccc3c3cc(-c4cc(C)cc(C)c4)ccc32)c1. The largest absolute Gasteiger partial charge is 0.309 e. The van der Waals surface area contributed by atoms with Crippen LogP contribution in [0.5, 0.6) is 0 Å². The molecule has 13 aromatic rings. The zero-order valence-corrected chi connectivity index (χ0v) is 41.5. The number of rotatable bonds is 8. The third-order valence-corrected chi connectivity index (χ3v) is 14.3. The first-order valence-electron chi connectivity index (χ1n) is 25.0. The van der Waals surface area contributed by atoms with Gasteiger partial charge in [-0.05, 0) is 105 Å². The molecule has 350 valence electrons. The molecule has 0 radical (unpaired) electrons. The zero-order valence-electron chi connectivity index (χ0n) is 41.5. The second-order valence-electron chi connectivity index (χ2n) is 19.5. The first kappa shape index (κ1) is 44.3. The Morgan fingerprint density at radius 1 is 0.311 bits per heavy atom. The van der Waals surface area contributed by atoms with Gasteiger partial charge >= 0.3 is 0 Å². The molecule has 0 aliphatic carbocycles. The van der Waals surface area contributed by atoms with E-state index in [4.69, 9.17) is 15.0 Å². The highest BCUT2D eigenvalue weighted by molar-refractivity contribution is 6.13. The molecule has 0 saturated heterocycles. The number of aryl methyl sites for hydroxylation is 4. The summed E-state index contributed by atoms with van der Waals surface area (Å²) in [4.78, 5) is 15.5. The molecule has 0 aliphatic rings. The summed E-state index contributed by atoms with van der Waals surface area (Å²) in [5.74, 6) is 1.75. The van der Waals surface area contributed by atoms with E-state index in [0.717, 1.165) is 93.9 Å². The zero-order chi connectivity index (χ0) is 50.0. The van der Waals surface area contributed by atoms with Crippen LogP contribution in [0.1, 0.15) is 27.8 Å². The van der Waals surface area contributed by atoms with Gasteiger partial charge in [0.15, 0.2) is 17.5 Å². The molecule has 0 fully saturated rings. The number of fused-ring (bicyclic) bond motifs is 6. The molecular formula is C68H48N6. The van der Waals surface area contributed by atoms with E-state index in [1.165, 1.54) is 33.4 Å². The molecule has 0 bridgehead atoms. The highest BCUT2D eigenvalue weighted by Crippen LogP contribution is 2.44. The van der Waals surface area contributed by atoms with Crippen LogP contribution in [0, 0.1) is 39.0 Å². The maximum absolute atomic E-state index is 10.6. The number of hydrogen-bond acceptors (Lipinski definition) is 4. The highest BCUT2D eigenvalue weighted by Gasteiger charge is 2.23. The van der Waals surface area contributed by atoms with Crippen molar-refractivity contribution in [3.05, 3.63) is 246 Å². The minimum absolute atomic E-state index is 0.561. The first-order chi connectivity index (χ1) is 36.2. The van der Waals surface area contributed by atoms with Crippen LogP contribution in [0.2, 0.25) is 0 Å². The average molecular weight is 949 g/mol. The van der Waals surface area contributed by atoms with Gasteiger partial charge in [0, 0.05) is 49.4 Å². The third kappa shape index (κ3) is 7.71. The molecule has 0 atom stereocenters. The summed E-state index contributed by atoms with van der Waals surface area (Å²) in [6.45, 7) is 8.63. The second-order valence-corrected chi connectivity index (χ2v) is 19.5. The van der Waals surface area contributed by atoms with Gasteiger partial charge in [-0.2, -0.15) is 5.26 Å². The summed E-state index contributed by atoms with van der Waals surface area (Å²) in [7, 11) is 0. The van der Waals surface area contributed by atoms with Crippen LogP contribution < -0.4 is 0 Å². The maximum atomic E-state index is 10.6. The fraction of sp³-hybridized carbons (Fsp3) is 0.0588. The van der Waals surface area contributed by atoms with Crippen molar-refractivity contribution in [2.75, 3.05) is 0 Å². The lowest BCUT2D eigenvalue weighted by atomic mass is 9.97. The summed E-state index contributed by atoms with van der Waals surface area (Å²) < 4.78 is 4.74. The monoisotopic (exact) mass is 948 g/mol. The molecule has 6 heteroatoms. The lowest BCUT2D eigenvalue weighted by Gasteiger charge is -2.20. The van der Waals surface area contributed by atoms with Gasteiger partial charge in [0.1, 0.15) is 0 Å². The molecule has 74 heavy (non-hydrogen) atoms. The van der Waals surface area contributed by atoms with Crippen LogP contribution >= 0.6 is 0 Å². The van der Waals surface area contributed by atoms with Crippen molar-refractivity contribution in [2.45, 2.75) is 27.7 Å². The van der Waals surface area contributed by atoms with E-state index < -0.39 is 0 Å². The normalized spacial score (nSPS) is 11.5. The van der Waals surface area contributed by atoms with Crippen LogP contribution in [0.15, 0.2) is 218 Å². The van der Waals surface area contributed by atoms with Crippen molar-refractivity contribution in [3.8, 4) is 85.0 Å². The smallest absolute Gasteiger partial charge is 0.164 e. The fourth-order valence-corrected chi connectivity index (χ4v) is 11.1. The molecule has 0 amide bonds. The van der Waals surface area contributed by atoms with Gasteiger partial charge in [-0.25, -0.2) is 15.0 Å². The van der Waals surface area contributed by atoms with Crippen LogP contribution in [0.4, 0.5) is 0 Å². The van der Waals surface area contributed by atoms with E-state index in [0.29, 0.717) is 23.0 Å². The Bertz CT molecular complexity index is 4320. The van der Waals surface area contributed by atoms with Gasteiger partial charge in [-0.1, -0.05) is 186 Å². The Morgan fingerprint density at radius 2 is 0.703 bits per heavy atom. The summed E-state index contributed by atoms with van der Waals surface area (Å²) in [5, 5.41) is 15.2. The Hall–Kier alpha value is -9.70. The summed E-state index contributed by atoms with van der Waals surface area (Å²) in [5.41, 5.74) is 20.9. The van der Waals surface area contributed by atoms with Crippen LogP contribution in [0.25, 0.3) is 123 Å². The van der Waals surface area contributed by atoms with Crippen molar-refractivity contribution < 1.29 is 0 Å². The number of nitriles is 1. The number of hydrogen-bond donors (Lipinski definition) is 0. The average Bonchev–Trinajstić information content (AvgIpc) is 3.95. The Labute approximate surface area is 429 Å². The summed E-state index contributed by atoms with van der Waals surface area (Å²) in [6, 6.07) is 79.8. The van der Waals surface area contributed by atoms with Crippen molar-refractivity contribution in [1.29, 1.82) is 5.26 Å². The summed E-state index contributed by atoms with van der Waals surface area (Å²) >= 11 is 0. The van der Waals surface area contributed by atoms with Gasteiger partial charge in [0.2, 0.25) is 0 Å². The number of aromatic nitrogens is 5. The minimum atomic E-state index is 0.561. The summed E-state index contributed by atoms with van der Waals surface area (Å²) in [6.07, 6.45) is 0. The van der Waals surface area contributed by atoms with Crippen molar-refractivity contribution in [1.82, 2.24) is 24.1 Å². The predicted octanol–water partition coefficient (Wildman–Crippen LogP) is 17.2. The van der Waals surface area contributed by atoms with E-state index in [1.54, 1.807) is 0 Å². The van der Waals surface area contributed by atoms with Crippen molar-refractivity contribution >= 4 is 43.6 Å². The molecule has 10 aromatic carbocycles. The molecule has 6 nitrogen and oxygen atoms in total. The maximum Gasteiger partial charge on any atom is 0.164 e. The van der Waals surface area contributed by atoms with E-state index in [1.807, 2.05) is 72.8 Å².